The molecule has 32 heavy (non-hydrogen) atoms. The first-order valence-corrected chi connectivity index (χ1v) is 10.2. The maximum absolute atomic E-state index is 4.91. The van der Waals surface area contributed by atoms with Crippen molar-refractivity contribution < 1.29 is 0 Å². The molecule has 0 saturated carbocycles. The van der Waals surface area contributed by atoms with E-state index in [-0.39, 0.29) is 0 Å². The zero-order valence-electron chi connectivity index (χ0n) is 16.9. The zero-order chi connectivity index (χ0) is 21.3. The van der Waals surface area contributed by atoms with Crippen molar-refractivity contribution >= 4 is 11.2 Å². The van der Waals surface area contributed by atoms with Gasteiger partial charge < -0.3 is 0 Å². The molecular weight excluding hydrogens is 398 g/mol. The average Bonchev–Trinajstić information content (AvgIpc) is 3.51. The quantitative estimate of drug-likeness (QED) is 0.416. The average molecular weight is 415 g/mol. The molecule has 7 heteroatoms. The van der Waals surface area contributed by atoms with Gasteiger partial charge in [0.2, 0.25) is 0 Å². The van der Waals surface area contributed by atoms with Crippen LogP contribution in [0.25, 0.3) is 45.3 Å². The molecule has 0 fully saturated rings. The summed E-state index contributed by atoms with van der Waals surface area (Å²) in [6.45, 7) is 0. The second-order valence-electron chi connectivity index (χ2n) is 7.25. The monoisotopic (exact) mass is 415 g/mol. The Kier molecular flexibility index (Phi) is 4.28. The number of fused-ring (bicyclic) bond motifs is 1. The third-order valence-corrected chi connectivity index (χ3v) is 5.27. The van der Waals surface area contributed by atoms with Gasteiger partial charge in [0.05, 0.1) is 17.6 Å². The highest BCUT2D eigenvalue weighted by Gasteiger charge is 2.14. The third-order valence-electron chi connectivity index (χ3n) is 5.27. The van der Waals surface area contributed by atoms with Crippen LogP contribution in [0.3, 0.4) is 0 Å². The molecule has 6 rings (SSSR count). The van der Waals surface area contributed by atoms with Crippen LogP contribution < -0.4 is 0 Å². The van der Waals surface area contributed by atoms with Gasteiger partial charge in [-0.25, -0.2) is 15.0 Å². The van der Waals surface area contributed by atoms with E-state index in [2.05, 4.69) is 32.1 Å². The van der Waals surface area contributed by atoms with Crippen molar-refractivity contribution in [1.29, 1.82) is 0 Å². The predicted molar refractivity (Wildman–Crippen MR) is 122 cm³/mol. The molecule has 0 aliphatic heterocycles. The number of rotatable bonds is 4. The van der Waals surface area contributed by atoms with Gasteiger partial charge in [0.15, 0.2) is 5.65 Å². The lowest BCUT2D eigenvalue weighted by Gasteiger charge is -2.09. The van der Waals surface area contributed by atoms with Crippen LogP contribution in [0.1, 0.15) is 0 Å². The van der Waals surface area contributed by atoms with Crippen molar-refractivity contribution in [3.8, 4) is 34.2 Å². The van der Waals surface area contributed by atoms with Crippen molar-refractivity contribution in [2.45, 2.75) is 0 Å². The number of aromatic nitrogens is 7. The molecule has 0 aliphatic carbocycles. The standard InChI is InChI=1S/C25H17N7/c1-2-13-27-21(6-1)23-16-31(20-5-3-12-26-15-20)24(30-23)18-8-10-19(11-9-18)32-17-29-22-7-4-14-28-25(22)32/h1-17H. The zero-order valence-corrected chi connectivity index (χ0v) is 16.9. The first kappa shape index (κ1) is 18.1. The van der Waals surface area contributed by atoms with Gasteiger partial charge >= 0.3 is 0 Å². The summed E-state index contributed by atoms with van der Waals surface area (Å²) < 4.78 is 4.02. The van der Waals surface area contributed by atoms with E-state index >= 15 is 0 Å². The Balaban J connectivity index is 1.45. The maximum atomic E-state index is 4.91. The predicted octanol–water partition coefficient (Wildman–Crippen LogP) is 4.73. The van der Waals surface area contributed by atoms with Crippen LogP contribution >= 0.6 is 0 Å². The highest BCUT2D eigenvalue weighted by Crippen LogP contribution is 2.28. The smallest absolute Gasteiger partial charge is 0.164 e. The van der Waals surface area contributed by atoms with Gasteiger partial charge in [0.25, 0.3) is 0 Å². The highest BCUT2D eigenvalue weighted by atomic mass is 15.1. The van der Waals surface area contributed by atoms with Crippen LogP contribution in [0.5, 0.6) is 0 Å². The lowest BCUT2D eigenvalue weighted by Crippen LogP contribution is -1.97. The summed E-state index contributed by atoms with van der Waals surface area (Å²) >= 11 is 0. The fraction of sp³-hybridized carbons (Fsp3) is 0. The summed E-state index contributed by atoms with van der Waals surface area (Å²) in [5, 5.41) is 0. The molecule has 0 amide bonds. The lowest BCUT2D eigenvalue weighted by atomic mass is 10.2. The minimum Gasteiger partial charge on any atom is -0.298 e. The number of nitrogens with zero attached hydrogens (tertiary/aromatic N) is 7. The molecule has 0 spiro atoms. The summed E-state index contributed by atoms with van der Waals surface area (Å²) in [4.78, 5) is 22.5. The maximum Gasteiger partial charge on any atom is 0.164 e. The van der Waals surface area contributed by atoms with Crippen molar-refractivity contribution in [1.82, 2.24) is 34.1 Å². The van der Waals surface area contributed by atoms with Crippen molar-refractivity contribution in [3.05, 3.63) is 104 Å². The van der Waals surface area contributed by atoms with Gasteiger partial charge in [-0.15, -0.1) is 0 Å². The Morgan fingerprint density at radius 2 is 1.50 bits per heavy atom. The fourth-order valence-electron chi connectivity index (χ4n) is 3.72. The largest absolute Gasteiger partial charge is 0.298 e. The summed E-state index contributed by atoms with van der Waals surface area (Å²) in [7, 11) is 0. The molecule has 5 aromatic heterocycles. The van der Waals surface area contributed by atoms with Gasteiger partial charge in [0, 0.05) is 36.0 Å². The van der Waals surface area contributed by atoms with E-state index in [1.165, 1.54) is 0 Å². The van der Waals surface area contributed by atoms with E-state index in [0.29, 0.717) is 0 Å². The minimum absolute atomic E-state index is 0.804. The summed E-state index contributed by atoms with van der Waals surface area (Å²) in [6.07, 6.45) is 10.9. The highest BCUT2D eigenvalue weighted by molar-refractivity contribution is 5.73. The lowest BCUT2D eigenvalue weighted by molar-refractivity contribution is 1.04. The number of hydrogen-bond acceptors (Lipinski definition) is 5. The number of benzene rings is 1. The summed E-state index contributed by atoms with van der Waals surface area (Å²) in [5.74, 6) is 0.818. The van der Waals surface area contributed by atoms with E-state index in [4.69, 9.17) is 4.98 Å². The van der Waals surface area contributed by atoms with Crippen LogP contribution in [-0.2, 0) is 0 Å². The number of pyridine rings is 3. The normalized spacial score (nSPS) is 11.1. The Bertz CT molecular complexity index is 1500. The second kappa shape index (κ2) is 7.55. The molecule has 0 aliphatic rings. The molecule has 0 unspecified atom stereocenters. The topological polar surface area (TPSA) is 74.3 Å². The van der Waals surface area contributed by atoms with Crippen molar-refractivity contribution in [2.24, 2.45) is 0 Å². The van der Waals surface area contributed by atoms with Crippen LogP contribution in [0, 0.1) is 0 Å². The molecule has 6 aromatic rings. The summed E-state index contributed by atoms with van der Waals surface area (Å²) in [6, 6.07) is 21.8. The number of imidazole rings is 2. The molecular formula is C25H17N7. The Hall–Kier alpha value is -4.65. The molecule has 152 valence electrons. The molecule has 0 radical (unpaired) electrons. The SMILES string of the molecule is c1ccc(-c2cn(-c3cccnc3)c(-c3ccc(-n4cnc5cccnc54)cc3)n2)nc1. The van der Waals surface area contributed by atoms with Gasteiger partial charge in [-0.05, 0) is 60.7 Å². The Morgan fingerprint density at radius 1 is 0.625 bits per heavy atom. The first-order valence-electron chi connectivity index (χ1n) is 10.2. The van der Waals surface area contributed by atoms with Crippen LogP contribution in [0.4, 0.5) is 0 Å². The Labute approximate surface area is 183 Å². The van der Waals surface area contributed by atoms with Crippen LogP contribution in [-0.4, -0.2) is 34.1 Å². The molecule has 7 nitrogen and oxygen atoms in total. The van der Waals surface area contributed by atoms with Gasteiger partial charge in [-0.3, -0.25) is 19.1 Å². The van der Waals surface area contributed by atoms with E-state index in [1.807, 2.05) is 76.1 Å². The molecule has 0 bridgehead atoms. The van der Waals surface area contributed by atoms with Crippen LogP contribution in [0.15, 0.2) is 104 Å². The number of hydrogen-bond donors (Lipinski definition) is 0. The van der Waals surface area contributed by atoms with Crippen molar-refractivity contribution in [3.63, 3.8) is 0 Å². The molecule has 1 aromatic carbocycles. The van der Waals surface area contributed by atoms with E-state index in [0.717, 1.165) is 45.3 Å². The van der Waals surface area contributed by atoms with E-state index in [9.17, 15) is 0 Å². The molecule has 5 heterocycles. The molecule has 0 N–H and O–H groups in total. The van der Waals surface area contributed by atoms with Gasteiger partial charge in [-0.1, -0.05) is 6.07 Å². The van der Waals surface area contributed by atoms with Gasteiger partial charge in [0.1, 0.15) is 23.4 Å². The van der Waals surface area contributed by atoms with E-state index < -0.39 is 0 Å². The first-order chi connectivity index (χ1) is 15.9. The second-order valence-corrected chi connectivity index (χ2v) is 7.25. The Morgan fingerprint density at radius 3 is 2.31 bits per heavy atom. The van der Waals surface area contributed by atoms with Crippen LogP contribution in [0.2, 0.25) is 0 Å². The van der Waals surface area contributed by atoms with Crippen molar-refractivity contribution in [2.75, 3.05) is 0 Å². The minimum atomic E-state index is 0.804. The van der Waals surface area contributed by atoms with E-state index in [1.54, 1.807) is 24.9 Å². The molecule has 0 saturated heterocycles. The van der Waals surface area contributed by atoms with Gasteiger partial charge in [-0.2, -0.15) is 0 Å². The summed E-state index contributed by atoms with van der Waals surface area (Å²) in [5.41, 5.74) is 6.23. The fourth-order valence-corrected chi connectivity index (χ4v) is 3.72. The third kappa shape index (κ3) is 3.13. The molecule has 0 atom stereocenters.